The molecule has 3 aliphatic carbocycles. The molecule has 0 saturated heterocycles. The summed E-state index contributed by atoms with van der Waals surface area (Å²) < 4.78 is 6.80. The van der Waals surface area contributed by atoms with Gasteiger partial charge in [-0.2, -0.15) is 0 Å². The monoisotopic (exact) mass is 845 g/mol. The van der Waals surface area contributed by atoms with Crippen LogP contribution < -0.4 is 4.90 Å². The molecule has 0 aliphatic heterocycles. The van der Waals surface area contributed by atoms with Crippen molar-refractivity contribution in [3.63, 3.8) is 0 Å². The zero-order chi connectivity index (χ0) is 43.6. The van der Waals surface area contributed by atoms with Crippen molar-refractivity contribution in [1.82, 2.24) is 0 Å². The number of fused-ring (bicyclic) bond motifs is 11. The standard InChI is InChI=1S/C64H47NO/c1-5-20-43(21-6-1)40-53(51-31-19-35-61-63(51)55-42-48(37-39-60(55)66-61)65(46-24-9-3-10-25-46)47-26-11-4-12-27-47)45-36-38-59-54(41-45)62(44-22-7-2-8-23-44)52-30-15-18-34-58(52)64(59)56-32-16-13-28-49(56)50-29-14-17-33-57(50)64/h1-13,15-28,30-39,41-42,53,62H,14,29,40H2. The van der Waals surface area contributed by atoms with Crippen LogP contribution in [0.25, 0.3) is 27.5 Å². The fourth-order valence-electron chi connectivity index (χ4n) is 12.0. The van der Waals surface area contributed by atoms with Gasteiger partial charge >= 0.3 is 0 Å². The van der Waals surface area contributed by atoms with E-state index in [1.807, 2.05) is 0 Å². The predicted octanol–water partition coefficient (Wildman–Crippen LogP) is 16.4. The molecule has 2 heteroatoms. The minimum Gasteiger partial charge on any atom is -0.456 e. The molecular formula is C64H47NO. The third kappa shape index (κ3) is 5.95. The highest BCUT2D eigenvalue weighted by atomic mass is 16.3. The van der Waals surface area contributed by atoms with Gasteiger partial charge in [-0.25, -0.2) is 0 Å². The fourth-order valence-corrected chi connectivity index (χ4v) is 12.0. The first-order valence-corrected chi connectivity index (χ1v) is 23.4. The molecule has 9 aromatic carbocycles. The number of rotatable bonds is 8. The van der Waals surface area contributed by atoms with Gasteiger partial charge in [0, 0.05) is 39.7 Å². The average Bonchev–Trinajstić information content (AvgIpc) is 3.91. The van der Waals surface area contributed by atoms with Gasteiger partial charge in [-0.05, 0) is 135 Å². The van der Waals surface area contributed by atoms with Crippen LogP contribution in [0.15, 0.2) is 247 Å². The largest absolute Gasteiger partial charge is 0.456 e. The van der Waals surface area contributed by atoms with Crippen molar-refractivity contribution in [2.45, 2.75) is 36.5 Å². The molecule has 0 N–H and O–H groups in total. The molecule has 1 spiro atoms. The molecule has 0 fully saturated rings. The SMILES string of the molecule is C1=CC2=C(CC1)c1ccccc1C21c2ccccc2C(c2ccccc2)c2cc(C(Cc3ccccc3)c3cccc4oc5ccc(N(c6ccccc6)c6ccccc6)cc5c34)ccc21. The van der Waals surface area contributed by atoms with Crippen molar-refractivity contribution in [3.8, 4) is 0 Å². The molecule has 0 radical (unpaired) electrons. The van der Waals surface area contributed by atoms with E-state index >= 15 is 0 Å². The highest BCUT2D eigenvalue weighted by molar-refractivity contribution is 6.08. The number of allylic oxidation sites excluding steroid dienone is 4. The highest BCUT2D eigenvalue weighted by Gasteiger charge is 2.52. The number of furan rings is 1. The first-order valence-electron chi connectivity index (χ1n) is 23.4. The number of benzene rings is 9. The summed E-state index contributed by atoms with van der Waals surface area (Å²) in [5.41, 5.74) is 21.2. The Balaban J connectivity index is 1.06. The van der Waals surface area contributed by atoms with Crippen LogP contribution in [0, 0.1) is 0 Å². The van der Waals surface area contributed by atoms with Gasteiger partial charge in [-0.3, -0.25) is 0 Å². The maximum absolute atomic E-state index is 6.80. The second kappa shape index (κ2) is 15.6. The lowest BCUT2D eigenvalue weighted by Crippen LogP contribution is -2.36. The van der Waals surface area contributed by atoms with Crippen LogP contribution in [0.3, 0.4) is 0 Å². The number of hydrogen-bond donors (Lipinski definition) is 0. The quantitative estimate of drug-likeness (QED) is 0.151. The first-order chi connectivity index (χ1) is 32.8. The van der Waals surface area contributed by atoms with Gasteiger partial charge in [0.2, 0.25) is 0 Å². The van der Waals surface area contributed by atoms with Crippen LogP contribution in [0.2, 0.25) is 0 Å². The number of hydrogen-bond acceptors (Lipinski definition) is 2. The summed E-state index contributed by atoms with van der Waals surface area (Å²) in [6.07, 6.45) is 7.83. The molecule has 0 amide bonds. The Morgan fingerprint density at radius 1 is 0.530 bits per heavy atom. The van der Waals surface area contributed by atoms with E-state index in [1.165, 1.54) is 72.2 Å². The van der Waals surface area contributed by atoms with Gasteiger partial charge in [0.1, 0.15) is 11.2 Å². The van der Waals surface area contributed by atoms with Crippen molar-refractivity contribution in [1.29, 1.82) is 0 Å². The first kappa shape index (κ1) is 38.5. The van der Waals surface area contributed by atoms with Crippen molar-refractivity contribution >= 4 is 44.6 Å². The maximum Gasteiger partial charge on any atom is 0.135 e. The molecule has 66 heavy (non-hydrogen) atoms. The van der Waals surface area contributed by atoms with Crippen LogP contribution in [0.1, 0.15) is 80.3 Å². The Bertz CT molecular complexity index is 3470. The molecule has 13 rings (SSSR count). The van der Waals surface area contributed by atoms with Crippen LogP contribution >= 0.6 is 0 Å². The Morgan fingerprint density at radius 2 is 1.20 bits per heavy atom. The van der Waals surface area contributed by atoms with E-state index in [0.29, 0.717) is 0 Å². The summed E-state index contributed by atoms with van der Waals surface area (Å²) in [4.78, 5) is 2.34. The Morgan fingerprint density at radius 3 is 1.97 bits per heavy atom. The number of nitrogens with zero attached hydrogens (tertiary/aromatic N) is 1. The summed E-state index contributed by atoms with van der Waals surface area (Å²) in [5, 5.41) is 2.29. The smallest absolute Gasteiger partial charge is 0.135 e. The number of anilines is 3. The molecule has 3 unspecified atom stereocenters. The van der Waals surface area contributed by atoms with Gasteiger partial charge in [0.05, 0.1) is 5.41 Å². The van der Waals surface area contributed by atoms with E-state index in [0.717, 1.165) is 52.9 Å². The van der Waals surface area contributed by atoms with Gasteiger partial charge in [0.15, 0.2) is 0 Å². The van der Waals surface area contributed by atoms with Crippen LogP contribution in [0.5, 0.6) is 0 Å². The van der Waals surface area contributed by atoms with Crippen LogP contribution in [-0.4, -0.2) is 0 Å². The molecule has 3 atom stereocenters. The molecule has 1 heterocycles. The van der Waals surface area contributed by atoms with Gasteiger partial charge in [-0.1, -0.05) is 188 Å². The molecule has 10 aromatic rings. The minimum atomic E-state index is -0.423. The van der Waals surface area contributed by atoms with Gasteiger partial charge < -0.3 is 9.32 Å². The Kier molecular flexibility index (Phi) is 9.13. The lowest BCUT2D eigenvalue weighted by molar-refractivity contribution is 0.668. The van der Waals surface area contributed by atoms with Crippen molar-refractivity contribution in [2.24, 2.45) is 0 Å². The van der Waals surface area contributed by atoms with Gasteiger partial charge in [-0.15, -0.1) is 0 Å². The summed E-state index contributed by atoms with van der Waals surface area (Å²) in [5.74, 6) is 0.0785. The molecule has 2 nitrogen and oxygen atoms in total. The fraction of sp³-hybridized carbons (Fsp3) is 0.0938. The normalized spacial score (nSPS) is 17.4. The predicted molar refractivity (Wildman–Crippen MR) is 272 cm³/mol. The Hall–Kier alpha value is -7.94. The molecule has 0 saturated carbocycles. The molecule has 1 aromatic heterocycles. The van der Waals surface area contributed by atoms with E-state index in [4.69, 9.17) is 4.42 Å². The minimum absolute atomic E-state index is 0.0231. The van der Waals surface area contributed by atoms with E-state index < -0.39 is 5.41 Å². The zero-order valence-electron chi connectivity index (χ0n) is 36.6. The lowest BCUT2D eigenvalue weighted by Gasteiger charge is -2.44. The summed E-state index contributed by atoms with van der Waals surface area (Å²) in [7, 11) is 0. The van der Waals surface area contributed by atoms with Gasteiger partial charge in [0.25, 0.3) is 0 Å². The second-order valence-electron chi connectivity index (χ2n) is 18.2. The van der Waals surface area contributed by atoms with Crippen LogP contribution in [-0.2, 0) is 11.8 Å². The second-order valence-corrected chi connectivity index (χ2v) is 18.2. The molecular weight excluding hydrogens is 799 g/mol. The molecule has 314 valence electrons. The van der Waals surface area contributed by atoms with E-state index in [2.05, 4.69) is 242 Å². The van der Waals surface area contributed by atoms with E-state index in [-0.39, 0.29) is 11.8 Å². The third-order valence-electron chi connectivity index (χ3n) is 14.7. The maximum atomic E-state index is 6.80. The number of para-hydroxylation sites is 2. The average molecular weight is 846 g/mol. The topological polar surface area (TPSA) is 16.4 Å². The van der Waals surface area contributed by atoms with E-state index in [9.17, 15) is 0 Å². The van der Waals surface area contributed by atoms with Crippen molar-refractivity contribution in [3.05, 3.63) is 298 Å². The lowest BCUT2D eigenvalue weighted by atomic mass is 9.57. The highest BCUT2D eigenvalue weighted by Crippen LogP contribution is 2.62. The summed E-state index contributed by atoms with van der Waals surface area (Å²) >= 11 is 0. The van der Waals surface area contributed by atoms with E-state index in [1.54, 1.807) is 0 Å². The summed E-state index contributed by atoms with van der Waals surface area (Å²) in [6.45, 7) is 0. The Labute approximate surface area is 386 Å². The third-order valence-corrected chi connectivity index (χ3v) is 14.7. The van der Waals surface area contributed by atoms with Crippen molar-refractivity contribution < 1.29 is 4.42 Å². The molecule has 0 bridgehead atoms. The summed E-state index contributed by atoms with van der Waals surface area (Å²) in [6, 6.07) is 83.1. The zero-order valence-corrected chi connectivity index (χ0v) is 36.6. The van der Waals surface area contributed by atoms with Crippen LogP contribution in [0.4, 0.5) is 17.1 Å². The molecule has 3 aliphatic rings. The van der Waals surface area contributed by atoms with Crippen molar-refractivity contribution in [2.75, 3.05) is 4.90 Å².